The van der Waals surface area contributed by atoms with E-state index in [2.05, 4.69) is 14.7 Å². The van der Waals surface area contributed by atoms with Gasteiger partial charge in [-0.1, -0.05) is 24.3 Å². The number of rotatable bonds is 4. The highest BCUT2D eigenvalue weighted by Gasteiger charge is 2.36. The maximum absolute atomic E-state index is 12.3. The van der Waals surface area contributed by atoms with Crippen LogP contribution in [0.2, 0.25) is 0 Å². The number of alkyl halides is 3. The zero-order valence-corrected chi connectivity index (χ0v) is 10.4. The third kappa shape index (κ3) is 3.65. The summed E-state index contributed by atoms with van der Waals surface area (Å²) >= 11 is 0.664. The van der Waals surface area contributed by atoms with Crippen LogP contribution in [0, 0.1) is 0 Å². The van der Waals surface area contributed by atoms with Gasteiger partial charge < -0.3 is 10.4 Å². The number of aromatic nitrogens is 2. The van der Waals surface area contributed by atoms with Crippen molar-refractivity contribution in [2.24, 2.45) is 0 Å². The minimum absolute atomic E-state index is 0.0785. The second-order valence-electron chi connectivity index (χ2n) is 3.75. The van der Waals surface area contributed by atoms with E-state index in [0.717, 1.165) is 11.1 Å². The topological polar surface area (TPSA) is 58.0 Å². The molecular weight excluding hydrogens is 279 g/mol. The number of benzene rings is 1. The molecule has 0 amide bonds. The highest BCUT2D eigenvalue weighted by molar-refractivity contribution is 7.09. The zero-order valence-electron chi connectivity index (χ0n) is 9.61. The van der Waals surface area contributed by atoms with Crippen molar-refractivity contribution in [3.05, 3.63) is 41.2 Å². The van der Waals surface area contributed by atoms with Gasteiger partial charge >= 0.3 is 6.18 Å². The van der Waals surface area contributed by atoms with Crippen molar-refractivity contribution in [1.29, 1.82) is 0 Å². The minimum atomic E-state index is -4.52. The Hall–Kier alpha value is -1.67. The zero-order chi connectivity index (χ0) is 13.9. The Kier molecular flexibility index (Phi) is 4.01. The Morgan fingerprint density at radius 3 is 2.63 bits per heavy atom. The second-order valence-corrected chi connectivity index (χ2v) is 4.50. The van der Waals surface area contributed by atoms with Crippen LogP contribution in [0.4, 0.5) is 18.3 Å². The van der Waals surface area contributed by atoms with Gasteiger partial charge in [0.05, 0.1) is 6.61 Å². The van der Waals surface area contributed by atoms with E-state index in [1.54, 1.807) is 24.3 Å². The first-order chi connectivity index (χ1) is 8.99. The molecule has 0 bridgehead atoms. The summed E-state index contributed by atoms with van der Waals surface area (Å²) in [5, 5.41) is 11.9. The summed E-state index contributed by atoms with van der Waals surface area (Å²) in [4.78, 5) is 3.36. The molecule has 1 heterocycles. The lowest BCUT2D eigenvalue weighted by molar-refractivity contribution is -0.144. The Morgan fingerprint density at radius 1 is 1.26 bits per heavy atom. The van der Waals surface area contributed by atoms with Crippen LogP contribution in [0.15, 0.2) is 24.3 Å². The number of nitrogens with zero attached hydrogens (tertiary/aromatic N) is 2. The van der Waals surface area contributed by atoms with Crippen LogP contribution in [-0.2, 0) is 19.3 Å². The van der Waals surface area contributed by atoms with Gasteiger partial charge in [-0.2, -0.15) is 22.5 Å². The fourth-order valence-corrected chi connectivity index (χ4v) is 2.01. The molecule has 1 aromatic heterocycles. The van der Waals surface area contributed by atoms with Crippen LogP contribution in [-0.4, -0.2) is 14.5 Å². The summed E-state index contributed by atoms with van der Waals surface area (Å²) in [6, 6.07) is 7.09. The molecule has 0 atom stereocenters. The molecule has 2 aromatic rings. The van der Waals surface area contributed by atoms with Gasteiger partial charge in [-0.3, -0.25) is 0 Å². The van der Waals surface area contributed by atoms with Crippen molar-refractivity contribution in [3.8, 4) is 0 Å². The standard InChI is InChI=1S/C11H10F3N3OS/c12-11(13,14)9-16-10(19-17-9)15-5-7-2-1-3-8(4-7)6-18/h1-4,18H,5-6H2,(H,15,16,17). The van der Waals surface area contributed by atoms with Gasteiger partial charge in [-0.25, -0.2) is 0 Å². The monoisotopic (exact) mass is 289 g/mol. The molecule has 0 saturated heterocycles. The number of halogens is 3. The van der Waals surface area contributed by atoms with Crippen LogP contribution in [0.1, 0.15) is 17.0 Å². The molecule has 8 heteroatoms. The Morgan fingerprint density at radius 2 is 2.00 bits per heavy atom. The first-order valence-electron chi connectivity index (χ1n) is 5.32. The van der Waals surface area contributed by atoms with E-state index in [4.69, 9.17) is 5.11 Å². The minimum Gasteiger partial charge on any atom is -0.392 e. The van der Waals surface area contributed by atoms with Gasteiger partial charge in [0.2, 0.25) is 11.0 Å². The first kappa shape index (κ1) is 13.8. The van der Waals surface area contributed by atoms with Gasteiger partial charge in [0.1, 0.15) is 0 Å². The summed E-state index contributed by atoms with van der Waals surface area (Å²) in [5.41, 5.74) is 1.59. The molecule has 0 fully saturated rings. The summed E-state index contributed by atoms with van der Waals surface area (Å²) in [6.45, 7) is 0.241. The summed E-state index contributed by atoms with van der Waals surface area (Å²) < 4.78 is 40.1. The average molecular weight is 289 g/mol. The van der Waals surface area contributed by atoms with Crippen molar-refractivity contribution in [3.63, 3.8) is 0 Å². The highest BCUT2D eigenvalue weighted by Crippen LogP contribution is 2.29. The first-order valence-corrected chi connectivity index (χ1v) is 6.10. The number of anilines is 1. The van der Waals surface area contributed by atoms with Crippen molar-refractivity contribution in [2.45, 2.75) is 19.3 Å². The summed E-state index contributed by atoms with van der Waals surface area (Å²) in [5.74, 6) is -1.14. The predicted molar refractivity (Wildman–Crippen MR) is 64.6 cm³/mol. The molecule has 2 N–H and O–H groups in total. The molecule has 0 radical (unpaired) electrons. The molecule has 0 unspecified atom stereocenters. The van der Waals surface area contributed by atoms with E-state index in [1.165, 1.54) is 0 Å². The van der Waals surface area contributed by atoms with Crippen molar-refractivity contribution in [1.82, 2.24) is 9.36 Å². The Bertz CT molecular complexity index is 556. The molecule has 0 aliphatic heterocycles. The number of nitrogens with one attached hydrogen (secondary N) is 1. The molecule has 102 valence electrons. The van der Waals surface area contributed by atoms with Gasteiger partial charge in [0, 0.05) is 18.1 Å². The lowest BCUT2D eigenvalue weighted by Gasteiger charge is -2.04. The van der Waals surface area contributed by atoms with Crippen molar-refractivity contribution < 1.29 is 18.3 Å². The fourth-order valence-electron chi connectivity index (χ4n) is 1.43. The van der Waals surface area contributed by atoms with E-state index < -0.39 is 12.0 Å². The molecule has 4 nitrogen and oxygen atoms in total. The molecule has 0 aliphatic rings. The lowest BCUT2D eigenvalue weighted by Crippen LogP contribution is -2.07. The van der Waals surface area contributed by atoms with Crippen molar-refractivity contribution in [2.75, 3.05) is 5.32 Å². The van der Waals surface area contributed by atoms with Crippen LogP contribution in [0.5, 0.6) is 0 Å². The summed E-state index contributed by atoms with van der Waals surface area (Å²) in [6.07, 6.45) is -4.52. The van der Waals surface area contributed by atoms with E-state index in [0.29, 0.717) is 18.1 Å². The normalized spacial score (nSPS) is 11.6. The molecule has 1 aromatic carbocycles. The largest absolute Gasteiger partial charge is 0.452 e. The van der Waals surface area contributed by atoms with Crippen LogP contribution in [0.3, 0.4) is 0 Å². The van der Waals surface area contributed by atoms with Crippen LogP contribution >= 0.6 is 11.5 Å². The van der Waals surface area contributed by atoms with E-state index >= 15 is 0 Å². The van der Waals surface area contributed by atoms with Crippen molar-refractivity contribution >= 4 is 16.7 Å². The second kappa shape index (κ2) is 5.54. The predicted octanol–water partition coefficient (Wildman–Crippen LogP) is 2.66. The molecule has 19 heavy (non-hydrogen) atoms. The van der Waals surface area contributed by atoms with Crippen LogP contribution < -0.4 is 5.32 Å². The average Bonchev–Trinajstić information content (AvgIpc) is 2.85. The smallest absolute Gasteiger partial charge is 0.392 e. The summed E-state index contributed by atoms with van der Waals surface area (Å²) in [7, 11) is 0. The molecule has 0 aliphatic carbocycles. The van der Waals surface area contributed by atoms with Gasteiger partial charge in [-0.15, -0.1) is 0 Å². The van der Waals surface area contributed by atoms with Crippen LogP contribution in [0.25, 0.3) is 0 Å². The van der Waals surface area contributed by atoms with Gasteiger partial charge in [-0.05, 0) is 11.1 Å². The van der Waals surface area contributed by atoms with E-state index in [-0.39, 0.29) is 11.7 Å². The highest BCUT2D eigenvalue weighted by atomic mass is 32.1. The number of hydrogen-bond acceptors (Lipinski definition) is 5. The third-order valence-electron chi connectivity index (χ3n) is 2.30. The van der Waals surface area contributed by atoms with Gasteiger partial charge in [0.15, 0.2) is 0 Å². The maximum Gasteiger partial charge on any atom is 0.452 e. The van der Waals surface area contributed by atoms with Gasteiger partial charge in [0.25, 0.3) is 0 Å². The molecule has 2 rings (SSSR count). The number of aliphatic hydroxyl groups excluding tert-OH is 1. The van der Waals surface area contributed by atoms with E-state index in [1.807, 2.05) is 0 Å². The Balaban J connectivity index is 2.00. The third-order valence-corrected chi connectivity index (χ3v) is 2.97. The molecular formula is C11H10F3N3OS. The fraction of sp³-hybridized carbons (Fsp3) is 0.273. The SMILES string of the molecule is OCc1cccc(CNc2nc(C(F)(F)F)ns2)c1. The quantitative estimate of drug-likeness (QED) is 0.908. The molecule has 0 saturated carbocycles. The number of hydrogen-bond donors (Lipinski definition) is 2. The lowest BCUT2D eigenvalue weighted by atomic mass is 10.1. The Labute approximate surface area is 111 Å². The molecule has 0 spiro atoms. The van der Waals surface area contributed by atoms with E-state index in [9.17, 15) is 13.2 Å². The maximum atomic E-state index is 12.3. The number of aliphatic hydroxyl groups is 1.